The fourth-order valence-electron chi connectivity index (χ4n) is 10.9. The summed E-state index contributed by atoms with van der Waals surface area (Å²) in [5, 5.41) is 12.2. The maximum absolute atomic E-state index is 18.0. The first-order valence-electron chi connectivity index (χ1n) is 24.5. The van der Waals surface area contributed by atoms with E-state index in [2.05, 4.69) is 78.7 Å². The molecular formula is C52H74FN5O7Si2. The number of hydrogen-bond acceptors (Lipinski definition) is 11. The van der Waals surface area contributed by atoms with E-state index in [4.69, 9.17) is 38.3 Å². The lowest BCUT2D eigenvalue weighted by atomic mass is 9.96. The van der Waals surface area contributed by atoms with Crippen LogP contribution in [0.4, 0.5) is 15.0 Å². The van der Waals surface area contributed by atoms with Crippen molar-refractivity contribution in [3.8, 4) is 34.5 Å². The number of aliphatic hydroxyl groups excluding tert-OH is 1. The van der Waals surface area contributed by atoms with Crippen LogP contribution >= 0.6 is 0 Å². The molecule has 4 heterocycles. The minimum Gasteiger partial charge on any atom is -0.468 e. The number of rotatable bonds is 17. The first-order valence-corrected chi connectivity index (χ1v) is 29.3. The van der Waals surface area contributed by atoms with Gasteiger partial charge in [-0.2, -0.15) is 9.97 Å². The Morgan fingerprint density at radius 3 is 2.27 bits per heavy atom. The van der Waals surface area contributed by atoms with Crippen LogP contribution in [0, 0.1) is 22.7 Å². The predicted octanol–water partition coefficient (Wildman–Crippen LogP) is 11.3. The average Bonchev–Trinajstić information content (AvgIpc) is 4.04. The molecule has 2 aromatic carbocycles. The van der Waals surface area contributed by atoms with E-state index in [1.54, 1.807) is 19.4 Å². The second-order valence-corrected chi connectivity index (χ2v) is 31.5. The number of nitrogens with zero attached hydrogens (tertiary/aromatic N) is 5. The number of amides is 1. The number of carbonyl (C=O) groups excluding carboxylic acids is 1. The molecule has 2 saturated heterocycles. The van der Waals surface area contributed by atoms with Crippen molar-refractivity contribution in [3.05, 3.63) is 47.9 Å². The van der Waals surface area contributed by atoms with Crippen molar-refractivity contribution in [2.45, 2.75) is 161 Å². The summed E-state index contributed by atoms with van der Waals surface area (Å²) in [5.41, 5.74) is 5.53. The lowest BCUT2D eigenvalue weighted by molar-refractivity contribution is 0.00685. The number of benzene rings is 2. The molecule has 1 N–H and O–H groups in total. The lowest BCUT2D eigenvalue weighted by Gasteiger charge is -2.43. The normalized spacial score (nSPS) is 19.4. The molecule has 1 saturated carbocycles. The van der Waals surface area contributed by atoms with Crippen molar-refractivity contribution in [2.24, 2.45) is 5.41 Å². The van der Waals surface area contributed by atoms with Crippen LogP contribution in [0.5, 0.6) is 11.8 Å². The molecule has 3 fully saturated rings. The number of ether oxygens (including phenoxy) is 4. The largest absolute Gasteiger partial charge is 0.468 e. The Kier molecular flexibility index (Phi) is 15.0. The molecule has 2 bridgehead atoms. The number of hydrogen-bond donors (Lipinski definition) is 1. The number of piperazine rings is 1. The molecule has 0 radical (unpaired) electrons. The summed E-state index contributed by atoms with van der Waals surface area (Å²) in [5.74, 6) is 3.97. The number of carbonyl (C=O) groups is 1. The third-order valence-electron chi connectivity index (χ3n) is 15.0. The van der Waals surface area contributed by atoms with E-state index in [-0.39, 0.29) is 66.9 Å². The molecule has 364 valence electrons. The van der Waals surface area contributed by atoms with E-state index >= 15 is 4.39 Å². The number of fused-ring (bicyclic) bond motifs is 4. The van der Waals surface area contributed by atoms with Gasteiger partial charge in [0.1, 0.15) is 36.5 Å². The van der Waals surface area contributed by atoms with Crippen molar-refractivity contribution >= 4 is 50.0 Å². The van der Waals surface area contributed by atoms with Crippen LogP contribution in [-0.4, -0.2) is 111 Å². The molecule has 3 aliphatic rings. The molecule has 0 spiro atoms. The van der Waals surface area contributed by atoms with Gasteiger partial charge in [0.25, 0.3) is 0 Å². The fraction of sp³-hybridized carbons (Fsp3) is 0.615. The van der Waals surface area contributed by atoms with E-state index in [1.165, 1.54) is 0 Å². The zero-order valence-electron chi connectivity index (χ0n) is 42.2. The molecule has 2 aromatic heterocycles. The fourth-order valence-corrected chi connectivity index (χ4v) is 19.0. The van der Waals surface area contributed by atoms with Gasteiger partial charge in [-0.25, -0.2) is 9.18 Å². The van der Waals surface area contributed by atoms with E-state index in [0.717, 1.165) is 47.3 Å². The highest BCUT2D eigenvalue weighted by molar-refractivity contribution is 6.90. The lowest BCUT2D eigenvalue weighted by Crippen LogP contribution is -2.59. The van der Waals surface area contributed by atoms with Crippen LogP contribution in [0.15, 0.2) is 36.5 Å². The molecule has 3 unspecified atom stereocenters. The Bertz CT molecular complexity index is 2470. The predicted molar refractivity (Wildman–Crippen MR) is 269 cm³/mol. The zero-order valence-corrected chi connectivity index (χ0v) is 44.2. The molecule has 7 rings (SSSR count). The van der Waals surface area contributed by atoms with Crippen LogP contribution in [0.1, 0.15) is 108 Å². The van der Waals surface area contributed by atoms with Crippen molar-refractivity contribution < 1.29 is 37.7 Å². The Morgan fingerprint density at radius 1 is 0.985 bits per heavy atom. The Hall–Kier alpha value is -4.34. The van der Waals surface area contributed by atoms with Crippen LogP contribution in [0.25, 0.3) is 32.9 Å². The molecule has 15 heteroatoms. The Labute approximate surface area is 399 Å². The SMILES string of the molecule is CC[Si](CC)(CC)OC1CC2CN(c3nc(OCC4(CO)CC4)nc4c(F)c(-c5cc(OCOC)cc6cccc(C#C[Si](C(C)C)(C(C)C)C(C)C)c56)ncc34)CC1N2C(=O)OC(C)(C)C. The number of methoxy groups -OCH3 is 1. The first kappa shape index (κ1) is 50.5. The van der Waals surface area contributed by atoms with E-state index < -0.39 is 27.8 Å². The highest BCUT2D eigenvalue weighted by Gasteiger charge is 2.53. The highest BCUT2D eigenvalue weighted by Crippen LogP contribution is 2.46. The molecule has 12 nitrogen and oxygen atoms in total. The minimum absolute atomic E-state index is 0.00353. The van der Waals surface area contributed by atoms with Gasteiger partial charge in [-0.3, -0.25) is 9.88 Å². The topological polar surface area (TPSA) is 129 Å². The summed E-state index contributed by atoms with van der Waals surface area (Å²) in [6.07, 6.45) is 3.36. The molecule has 2 aliphatic heterocycles. The molecule has 67 heavy (non-hydrogen) atoms. The van der Waals surface area contributed by atoms with Crippen LogP contribution in [0.2, 0.25) is 34.8 Å². The smallest absolute Gasteiger partial charge is 0.411 e. The van der Waals surface area contributed by atoms with Crippen LogP contribution < -0.4 is 14.4 Å². The minimum atomic E-state index is -2.15. The third kappa shape index (κ3) is 10.1. The highest BCUT2D eigenvalue weighted by atomic mass is 28.4. The molecule has 1 aliphatic carbocycles. The zero-order chi connectivity index (χ0) is 48.6. The van der Waals surface area contributed by atoms with Crippen molar-refractivity contribution in [3.63, 3.8) is 0 Å². The van der Waals surface area contributed by atoms with Gasteiger partial charge in [0.2, 0.25) is 0 Å². The van der Waals surface area contributed by atoms with E-state index in [0.29, 0.717) is 58.7 Å². The molecule has 1 amide bonds. The second kappa shape index (κ2) is 19.9. The summed E-state index contributed by atoms with van der Waals surface area (Å²) in [6, 6.07) is 12.0. The number of pyridine rings is 1. The summed E-state index contributed by atoms with van der Waals surface area (Å²) >= 11 is 0. The summed E-state index contributed by atoms with van der Waals surface area (Å²) in [4.78, 5) is 32.7. The van der Waals surface area contributed by atoms with Gasteiger partial charge in [-0.05, 0) is 98.4 Å². The summed E-state index contributed by atoms with van der Waals surface area (Å²) in [6.45, 7) is 27.0. The van der Waals surface area contributed by atoms with Crippen molar-refractivity contribution in [2.75, 3.05) is 45.1 Å². The monoisotopic (exact) mass is 956 g/mol. The van der Waals surface area contributed by atoms with Crippen molar-refractivity contribution in [1.82, 2.24) is 19.9 Å². The molecular weight excluding hydrogens is 882 g/mol. The first-order chi connectivity index (χ1) is 31.8. The van der Waals surface area contributed by atoms with E-state index in [1.807, 2.05) is 49.9 Å². The average molecular weight is 956 g/mol. The second-order valence-electron chi connectivity index (χ2n) is 21.2. The van der Waals surface area contributed by atoms with Crippen LogP contribution in [0.3, 0.4) is 0 Å². The van der Waals surface area contributed by atoms with Crippen molar-refractivity contribution in [1.29, 1.82) is 0 Å². The summed E-state index contributed by atoms with van der Waals surface area (Å²) in [7, 11) is -2.68. The van der Waals surface area contributed by atoms with Gasteiger partial charge in [0, 0.05) is 48.3 Å². The van der Waals surface area contributed by atoms with Gasteiger partial charge in [-0.15, -0.1) is 5.54 Å². The number of anilines is 1. The maximum Gasteiger partial charge on any atom is 0.411 e. The maximum atomic E-state index is 18.0. The standard InChI is InChI=1S/C52H74FN5O7Si2/c1-14-66(15-2,16-3)65-43-25-38-28-57(29-42(43)58(38)50(60)64-51(10,11)12)48-41-27-54-46(45(53)47(41)55-49(56-48)62-31-52(30-59)21-22-52)40-26-39(63-32-61-13)24-37-19-17-18-36(44(37)40)20-23-67(33(4)5,34(6)7)35(8)9/h17-19,24,26-27,33-35,38,42-43,59H,14-16,21-22,25,28-32H2,1-13H3. The van der Waals surface area contributed by atoms with Crippen LogP contribution in [-0.2, 0) is 13.9 Å². The van der Waals surface area contributed by atoms with Gasteiger partial charge in [0.05, 0.1) is 36.8 Å². The summed E-state index contributed by atoms with van der Waals surface area (Å²) < 4.78 is 48.8. The molecule has 3 atom stereocenters. The Morgan fingerprint density at radius 2 is 1.67 bits per heavy atom. The number of aromatic nitrogens is 3. The molecule has 4 aromatic rings. The van der Waals surface area contributed by atoms with Gasteiger partial charge >= 0.3 is 12.1 Å². The number of halogens is 1. The van der Waals surface area contributed by atoms with Gasteiger partial charge in [-0.1, -0.05) is 80.4 Å². The van der Waals surface area contributed by atoms with Gasteiger partial charge < -0.3 is 33.4 Å². The van der Waals surface area contributed by atoms with Gasteiger partial charge in [0.15, 0.2) is 20.9 Å². The quantitative estimate of drug-likeness (QED) is 0.0617. The van der Waals surface area contributed by atoms with E-state index in [9.17, 15) is 9.90 Å². The third-order valence-corrected chi connectivity index (χ3v) is 26.0. The Balaban J connectivity index is 1.40. The number of aliphatic hydroxyl groups is 1.